The molecular formula is C23H22N8O2S. The summed E-state index contributed by atoms with van der Waals surface area (Å²) in [6.45, 7) is 6.26. The van der Waals surface area contributed by atoms with Crippen molar-refractivity contribution in [3.05, 3.63) is 76.8 Å². The fourth-order valence-corrected chi connectivity index (χ4v) is 3.67. The minimum absolute atomic E-state index is 0.160. The number of nitrogens with zero attached hydrogens (tertiary/aromatic N) is 6. The molecule has 0 aliphatic heterocycles. The SMILES string of the molecule is CC(C)(C)c1cc(NC(=O)c2cnc(CNC(=O)c3cc(-c4ccncc4)ncn3)s2)ncn1. The Morgan fingerprint density at radius 2 is 1.71 bits per heavy atom. The average molecular weight is 475 g/mol. The van der Waals surface area contributed by atoms with Crippen molar-refractivity contribution in [2.75, 3.05) is 5.32 Å². The predicted molar refractivity (Wildman–Crippen MR) is 127 cm³/mol. The van der Waals surface area contributed by atoms with Crippen molar-refractivity contribution >= 4 is 29.0 Å². The van der Waals surface area contributed by atoms with E-state index >= 15 is 0 Å². The lowest BCUT2D eigenvalue weighted by molar-refractivity contribution is 0.0945. The van der Waals surface area contributed by atoms with E-state index < -0.39 is 0 Å². The summed E-state index contributed by atoms with van der Waals surface area (Å²) in [5.41, 5.74) is 2.34. The molecule has 4 aromatic heterocycles. The molecule has 0 unspecified atom stereocenters. The van der Waals surface area contributed by atoms with Crippen LogP contribution in [0, 0.1) is 0 Å². The van der Waals surface area contributed by atoms with E-state index in [4.69, 9.17) is 0 Å². The number of amides is 2. The molecule has 2 N–H and O–H groups in total. The average Bonchev–Trinajstić information content (AvgIpc) is 3.32. The van der Waals surface area contributed by atoms with Gasteiger partial charge in [0.2, 0.25) is 0 Å². The number of hydrogen-bond acceptors (Lipinski definition) is 9. The first-order chi connectivity index (χ1) is 16.3. The number of anilines is 1. The predicted octanol–water partition coefficient (Wildman–Crippen LogP) is 3.26. The van der Waals surface area contributed by atoms with E-state index in [9.17, 15) is 9.59 Å². The zero-order valence-electron chi connectivity index (χ0n) is 18.8. The van der Waals surface area contributed by atoms with E-state index in [1.54, 1.807) is 36.7 Å². The van der Waals surface area contributed by atoms with Gasteiger partial charge in [0.15, 0.2) is 0 Å². The molecule has 0 saturated heterocycles. The summed E-state index contributed by atoms with van der Waals surface area (Å²) in [7, 11) is 0. The Morgan fingerprint density at radius 1 is 0.941 bits per heavy atom. The van der Waals surface area contributed by atoms with E-state index in [-0.39, 0.29) is 29.5 Å². The quantitative estimate of drug-likeness (QED) is 0.435. The maximum absolute atomic E-state index is 12.6. The van der Waals surface area contributed by atoms with Gasteiger partial charge in [0, 0.05) is 29.4 Å². The van der Waals surface area contributed by atoms with Crippen LogP contribution >= 0.6 is 11.3 Å². The molecule has 0 radical (unpaired) electrons. The van der Waals surface area contributed by atoms with Crippen LogP contribution in [0.5, 0.6) is 0 Å². The van der Waals surface area contributed by atoms with Crippen molar-refractivity contribution in [2.24, 2.45) is 0 Å². The first kappa shape index (κ1) is 23.1. The Hall–Kier alpha value is -4.12. The fraction of sp³-hybridized carbons (Fsp3) is 0.217. The van der Waals surface area contributed by atoms with Crippen LogP contribution in [-0.4, -0.2) is 41.7 Å². The Kier molecular flexibility index (Phi) is 6.64. The van der Waals surface area contributed by atoms with E-state index in [0.29, 0.717) is 21.4 Å². The molecule has 0 aliphatic rings. The standard InChI is InChI=1S/C23H22N8O2S/c1-23(2,3)18-9-19(30-13-29-18)31-22(33)17-10-25-20(34-17)11-26-21(32)16-8-15(27-12-28-16)14-4-6-24-7-5-14/h4-10,12-13H,11H2,1-3H3,(H,26,32)(H,29,30,31,33). The molecule has 4 rings (SSSR count). The molecule has 4 aromatic rings. The van der Waals surface area contributed by atoms with Gasteiger partial charge < -0.3 is 10.6 Å². The lowest BCUT2D eigenvalue weighted by Gasteiger charge is -2.17. The second-order valence-electron chi connectivity index (χ2n) is 8.32. The Balaban J connectivity index is 1.37. The van der Waals surface area contributed by atoms with Gasteiger partial charge in [-0.3, -0.25) is 14.6 Å². The minimum atomic E-state index is -0.366. The summed E-state index contributed by atoms with van der Waals surface area (Å²) in [4.78, 5) is 50.4. The van der Waals surface area contributed by atoms with Crippen molar-refractivity contribution in [1.29, 1.82) is 0 Å². The second kappa shape index (κ2) is 9.79. The summed E-state index contributed by atoms with van der Waals surface area (Å²) < 4.78 is 0. The first-order valence-electron chi connectivity index (χ1n) is 10.4. The van der Waals surface area contributed by atoms with Gasteiger partial charge in [0.05, 0.1) is 24.1 Å². The number of hydrogen-bond donors (Lipinski definition) is 2. The van der Waals surface area contributed by atoms with Crippen LogP contribution in [0.2, 0.25) is 0 Å². The van der Waals surface area contributed by atoms with Gasteiger partial charge in [0.25, 0.3) is 11.8 Å². The lowest BCUT2D eigenvalue weighted by atomic mass is 9.92. The summed E-state index contributed by atoms with van der Waals surface area (Å²) in [5.74, 6) is -0.275. The van der Waals surface area contributed by atoms with Gasteiger partial charge in [-0.25, -0.2) is 24.9 Å². The fourth-order valence-electron chi connectivity index (χ4n) is 2.92. The van der Waals surface area contributed by atoms with Gasteiger partial charge in [-0.15, -0.1) is 11.3 Å². The van der Waals surface area contributed by atoms with E-state index in [1.165, 1.54) is 30.2 Å². The molecular weight excluding hydrogens is 452 g/mol. The van der Waals surface area contributed by atoms with Gasteiger partial charge >= 0.3 is 0 Å². The second-order valence-corrected chi connectivity index (χ2v) is 9.43. The van der Waals surface area contributed by atoms with Crippen LogP contribution < -0.4 is 10.6 Å². The summed E-state index contributed by atoms with van der Waals surface area (Å²) in [6.07, 6.45) is 7.55. The number of carbonyl (C=O) groups excluding carboxylic acids is 2. The summed E-state index contributed by atoms with van der Waals surface area (Å²) in [6, 6.07) is 6.97. The number of rotatable bonds is 6. The van der Waals surface area contributed by atoms with Gasteiger partial charge in [-0.05, 0) is 18.2 Å². The smallest absolute Gasteiger partial charge is 0.270 e. The highest BCUT2D eigenvalue weighted by molar-refractivity contribution is 7.13. The zero-order chi connectivity index (χ0) is 24.1. The molecule has 11 heteroatoms. The molecule has 4 heterocycles. The molecule has 0 spiro atoms. The van der Waals surface area contributed by atoms with Gasteiger partial charge in [-0.2, -0.15) is 0 Å². The maximum Gasteiger partial charge on any atom is 0.270 e. The van der Waals surface area contributed by atoms with Crippen LogP contribution in [0.1, 0.15) is 51.6 Å². The van der Waals surface area contributed by atoms with Crippen LogP contribution in [0.4, 0.5) is 5.82 Å². The van der Waals surface area contributed by atoms with Crippen LogP contribution in [0.25, 0.3) is 11.3 Å². The number of pyridine rings is 1. The molecule has 0 bridgehead atoms. The molecule has 0 saturated carbocycles. The third kappa shape index (κ3) is 5.62. The monoisotopic (exact) mass is 474 g/mol. The van der Waals surface area contributed by atoms with Crippen molar-refractivity contribution in [3.8, 4) is 11.3 Å². The number of aromatic nitrogens is 6. The highest BCUT2D eigenvalue weighted by Crippen LogP contribution is 2.22. The lowest BCUT2D eigenvalue weighted by Crippen LogP contribution is -2.23. The van der Waals surface area contributed by atoms with E-state index in [2.05, 4.69) is 40.5 Å². The third-order valence-corrected chi connectivity index (χ3v) is 5.73. The topological polar surface area (TPSA) is 136 Å². The summed E-state index contributed by atoms with van der Waals surface area (Å²) >= 11 is 1.19. The molecule has 0 aromatic carbocycles. The molecule has 10 nitrogen and oxygen atoms in total. The van der Waals surface area contributed by atoms with Crippen molar-refractivity contribution < 1.29 is 9.59 Å². The normalized spacial score (nSPS) is 11.1. The molecule has 172 valence electrons. The number of thiazole rings is 1. The van der Waals surface area contributed by atoms with E-state index in [0.717, 1.165) is 11.3 Å². The van der Waals surface area contributed by atoms with E-state index in [1.807, 2.05) is 20.8 Å². The highest BCUT2D eigenvalue weighted by Gasteiger charge is 2.18. The molecule has 2 amide bonds. The first-order valence-corrected chi connectivity index (χ1v) is 11.2. The van der Waals surface area contributed by atoms with Crippen LogP contribution in [0.3, 0.4) is 0 Å². The number of carbonyl (C=O) groups is 2. The molecule has 34 heavy (non-hydrogen) atoms. The van der Waals surface area contributed by atoms with Gasteiger partial charge in [-0.1, -0.05) is 20.8 Å². The highest BCUT2D eigenvalue weighted by atomic mass is 32.1. The maximum atomic E-state index is 12.6. The third-order valence-electron chi connectivity index (χ3n) is 4.73. The van der Waals surface area contributed by atoms with Crippen LogP contribution in [0.15, 0.2) is 55.5 Å². The summed E-state index contributed by atoms with van der Waals surface area (Å²) in [5, 5.41) is 6.13. The van der Waals surface area contributed by atoms with Gasteiger partial charge in [0.1, 0.15) is 34.1 Å². The van der Waals surface area contributed by atoms with Crippen molar-refractivity contribution in [2.45, 2.75) is 32.7 Å². The van der Waals surface area contributed by atoms with Crippen molar-refractivity contribution in [1.82, 2.24) is 35.2 Å². The van der Waals surface area contributed by atoms with Crippen LogP contribution in [-0.2, 0) is 12.0 Å². The number of nitrogens with one attached hydrogen (secondary N) is 2. The molecule has 0 aliphatic carbocycles. The zero-order valence-corrected chi connectivity index (χ0v) is 19.6. The molecule has 0 atom stereocenters. The Morgan fingerprint density at radius 3 is 2.47 bits per heavy atom. The molecule has 0 fully saturated rings. The Bertz CT molecular complexity index is 1320. The largest absolute Gasteiger partial charge is 0.344 e. The van der Waals surface area contributed by atoms with Crippen molar-refractivity contribution in [3.63, 3.8) is 0 Å². The minimum Gasteiger partial charge on any atom is -0.344 e. The Labute approximate surface area is 200 Å².